The van der Waals surface area contributed by atoms with Crippen LogP contribution >= 0.6 is 11.3 Å². The number of benzene rings is 1. The van der Waals surface area contributed by atoms with Crippen LogP contribution in [0.1, 0.15) is 25.0 Å². The van der Waals surface area contributed by atoms with Gasteiger partial charge in [-0.1, -0.05) is 6.92 Å². The van der Waals surface area contributed by atoms with Crippen molar-refractivity contribution >= 4 is 11.3 Å². The maximum absolute atomic E-state index is 12.8. The van der Waals surface area contributed by atoms with Gasteiger partial charge in [0.1, 0.15) is 10.8 Å². The quantitative estimate of drug-likeness (QED) is 0.903. The standard InChI is InChI=1S/C13H15FN2S/c1-2-9(7-15)12-8-17-13(16-12)10-3-5-11(14)6-4-10/h3-6,8-9H,2,7,15H2,1H3. The summed E-state index contributed by atoms with van der Waals surface area (Å²) in [7, 11) is 0. The van der Waals surface area contributed by atoms with Crippen molar-refractivity contribution in [3.8, 4) is 10.6 Å². The number of halogens is 1. The van der Waals surface area contributed by atoms with Crippen LogP contribution in [-0.4, -0.2) is 11.5 Å². The number of nitrogens with zero attached hydrogens (tertiary/aromatic N) is 1. The number of hydrogen-bond donors (Lipinski definition) is 1. The lowest BCUT2D eigenvalue weighted by molar-refractivity contribution is 0.628. The Kier molecular flexibility index (Phi) is 3.86. The average Bonchev–Trinajstić information content (AvgIpc) is 2.81. The highest BCUT2D eigenvalue weighted by Gasteiger charge is 2.12. The van der Waals surface area contributed by atoms with E-state index in [0.29, 0.717) is 12.5 Å². The molecule has 1 aromatic carbocycles. The molecule has 0 bridgehead atoms. The van der Waals surface area contributed by atoms with E-state index in [4.69, 9.17) is 5.73 Å². The first-order valence-electron chi connectivity index (χ1n) is 5.66. The summed E-state index contributed by atoms with van der Waals surface area (Å²) in [6.45, 7) is 2.72. The zero-order chi connectivity index (χ0) is 12.3. The van der Waals surface area contributed by atoms with Gasteiger partial charge in [-0.15, -0.1) is 11.3 Å². The fourth-order valence-corrected chi connectivity index (χ4v) is 2.60. The minimum absolute atomic E-state index is 0.223. The van der Waals surface area contributed by atoms with Gasteiger partial charge in [0.2, 0.25) is 0 Å². The molecule has 0 radical (unpaired) electrons. The SMILES string of the molecule is CCC(CN)c1csc(-c2ccc(F)cc2)n1. The van der Waals surface area contributed by atoms with Crippen LogP contribution in [0.5, 0.6) is 0 Å². The summed E-state index contributed by atoms with van der Waals surface area (Å²) in [6.07, 6.45) is 0.989. The molecule has 4 heteroatoms. The van der Waals surface area contributed by atoms with E-state index in [2.05, 4.69) is 11.9 Å². The molecule has 1 heterocycles. The summed E-state index contributed by atoms with van der Waals surface area (Å²) < 4.78 is 12.8. The predicted octanol–water partition coefficient (Wildman–Crippen LogP) is 3.40. The van der Waals surface area contributed by atoms with Gasteiger partial charge in [-0.2, -0.15) is 0 Å². The van der Waals surface area contributed by atoms with Gasteiger partial charge in [0.05, 0.1) is 5.69 Å². The first-order valence-corrected chi connectivity index (χ1v) is 6.54. The Morgan fingerprint density at radius 3 is 2.65 bits per heavy atom. The third-order valence-corrected chi connectivity index (χ3v) is 3.72. The lowest BCUT2D eigenvalue weighted by Gasteiger charge is -2.07. The van der Waals surface area contributed by atoms with Crippen LogP contribution in [-0.2, 0) is 0 Å². The summed E-state index contributed by atoms with van der Waals surface area (Å²) in [5.41, 5.74) is 7.69. The second kappa shape index (κ2) is 5.38. The fourth-order valence-electron chi connectivity index (χ4n) is 1.70. The molecular formula is C13H15FN2S. The predicted molar refractivity (Wildman–Crippen MR) is 69.6 cm³/mol. The minimum Gasteiger partial charge on any atom is -0.330 e. The van der Waals surface area contributed by atoms with E-state index in [1.54, 1.807) is 23.5 Å². The summed E-state index contributed by atoms with van der Waals surface area (Å²) in [5.74, 6) is 0.0966. The minimum atomic E-state index is -0.223. The molecule has 17 heavy (non-hydrogen) atoms. The van der Waals surface area contributed by atoms with Crippen molar-refractivity contribution in [3.05, 3.63) is 41.2 Å². The molecule has 2 nitrogen and oxygen atoms in total. The molecule has 0 amide bonds. The van der Waals surface area contributed by atoms with Crippen molar-refractivity contribution < 1.29 is 4.39 Å². The first kappa shape index (κ1) is 12.2. The van der Waals surface area contributed by atoms with E-state index in [0.717, 1.165) is 22.7 Å². The first-order chi connectivity index (χ1) is 8.24. The Morgan fingerprint density at radius 2 is 2.06 bits per heavy atom. The van der Waals surface area contributed by atoms with Crippen LogP contribution in [0.2, 0.25) is 0 Å². The van der Waals surface area contributed by atoms with Crippen LogP contribution < -0.4 is 5.73 Å². The number of rotatable bonds is 4. The Balaban J connectivity index is 2.26. The van der Waals surface area contributed by atoms with Gasteiger partial charge in [-0.3, -0.25) is 0 Å². The number of hydrogen-bond acceptors (Lipinski definition) is 3. The second-order valence-electron chi connectivity index (χ2n) is 3.93. The van der Waals surface area contributed by atoms with Crippen molar-refractivity contribution in [3.63, 3.8) is 0 Å². The van der Waals surface area contributed by atoms with Crippen LogP contribution in [0.3, 0.4) is 0 Å². The van der Waals surface area contributed by atoms with Gasteiger partial charge in [-0.25, -0.2) is 9.37 Å². The van der Waals surface area contributed by atoms with Gasteiger partial charge in [0.25, 0.3) is 0 Å². The van der Waals surface area contributed by atoms with Crippen LogP contribution in [0.15, 0.2) is 29.6 Å². The monoisotopic (exact) mass is 250 g/mol. The topological polar surface area (TPSA) is 38.9 Å². The van der Waals surface area contributed by atoms with E-state index in [-0.39, 0.29) is 5.82 Å². The second-order valence-corrected chi connectivity index (χ2v) is 4.78. The van der Waals surface area contributed by atoms with E-state index < -0.39 is 0 Å². The lowest BCUT2D eigenvalue weighted by atomic mass is 10.0. The zero-order valence-electron chi connectivity index (χ0n) is 9.69. The molecule has 1 unspecified atom stereocenters. The molecule has 0 saturated heterocycles. The molecule has 0 fully saturated rings. The van der Waals surface area contributed by atoms with Gasteiger partial charge in [-0.05, 0) is 30.7 Å². The van der Waals surface area contributed by atoms with E-state index >= 15 is 0 Å². The fraction of sp³-hybridized carbons (Fsp3) is 0.308. The lowest BCUT2D eigenvalue weighted by Crippen LogP contribution is -2.11. The number of aromatic nitrogens is 1. The van der Waals surface area contributed by atoms with Crippen molar-refractivity contribution in [2.45, 2.75) is 19.3 Å². The van der Waals surface area contributed by atoms with E-state index in [1.807, 2.05) is 5.38 Å². The molecule has 2 rings (SSSR count). The van der Waals surface area contributed by atoms with Crippen LogP contribution in [0.25, 0.3) is 10.6 Å². The average molecular weight is 250 g/mol. The van der Waals surface area contributed by atoms with Crippen molar-refractivity contribution in [2.75, 3.05) is 6.54 Å². The normalized spacial score (nSPS) is 12.6. The number of thiazole rings is 1. The smallest absolute Gasteiger partial charge is 0.123 e. The number of nitrogens with two attached hydrogens (primary N) is 1. The third kappa shape index (κ3) is 2.70. The molecule has 90 valence electrons. The van der Waals surface area contributed by atoms with Gasteiger partial charge in [0, 0.05) is 23.4 Å². The molecule has 1 atom stereocenters. The Labute approximate surface area is 104 Å². The Bertz CT molecular complexity index is 474. The van der Waals surface area contributed by atoms with Crippen molar-refractivity contribution in [2.24, 2.45) is 5.73 Å². The maximum Gasteiger partial charge on any atom is 0.123 e. The Hall–Kier alpha value is -1.26. The molecule has 0 aliphatic heterocycles. The summed E-state index contributed by atoms with van der Waals surface area (Å²) in [6, 6.07) is 6.41. The highest BCUT2D eigenvalue weighted by atomic mass is 32.1. The maximum atomic E-state index is 12.8. The summed E-state index contributed by atoms with van der Waals surface area (Å²) >= 11 is 1.58. The van der Waals surface area contributed by atoms with Gasteiger partial charge < -0.3 is 5.73 Å². The molecule has 1 aromatic heterocycles. The molecule has 2 N–H and O–H groups in total. The molecule has 0 aliphatic carbocycles. The molecule has 2 aromatic rings. The third-order valence-electron chi connectivity index (χ3n) is 2.81. The highest BCUT2D eigenvalue weighted by Crippen LogP contribution is 2.27. The van der Waals surface area contributed by atoms with Crippen molar-refractivity contribution in [1.29, 1.82) is 0 Å². The van der Waals surface area contributed by atoms with Gasteiger partial charge >= 0.3 is 0 Å². The van der Waals surface area contributed by atoms with Crippen molar-refractivity contribution in [1.82, 2.24) is 4.98 Å². The summed E-state index contributed by atoms with van der Waals surface area (Å²) in [5, 5.41) is 2.96. The molecule has 0 spiro atoms. The molecule has 0 saturated carbocycles. The summed E-state index contributed by atoms with van der Waals surface area (Å²) in [4.78, 5) is 4.57. The highest BCUT2D eigenvalue weighted by molar-refractivity contribution is 7.13. The van der Waals surface area contributed by atoms with E-state index in [1.165, 1.54) is 12.1 Å². The molecular weight excluding hydrogens is 235 g/mol. The van der Waals surface area contributed by atoms with Gasteiger partial charge in [0.15, 0.2) is 0 Å². The van der Waals surface area contributed by atoms with E-state index in [9.17, 15) is 4.39 Å². The Morgan fingerprint density at radius 1 is 1.35 bits per heavy atom. The zero-order valence-corrected chi connectivity index (χ0v) is 10.5. The van der Waals surface area contributed by atoms with Crippen LogP contribution in [0.4, 0.5) is 4.39 Å². The van der Waals surface area contributed by atoms with Crippen LogP contribution in [0, 0.1) is 5.82 Å². The molecule has 0 aliphatic rings. The largest absolute Gasteiger partial charge is 0.330 e.